The average Bonchev–Trinajstić information content (AvgIpc) is 3.29. The van der Waals surface area contributed by atoms with E-state index in [4.69, 9.17) is 33.2 Å². The molecule has 0 bridgehead atoms. The molecular formula is C20H15Cl2N5. The second kappa shape index (κ2) is 6.22. The van der Waals surface area contributed by atoms with Crippen molar-refractivity contribution in [1.82, 2.24) is 19.2 Å². The standard InChI is InChI=1S/C20H15Cl2N5/c1-12-18(20-23-11-14-4-2-3-9-26(14)20)19(27-17(25-12)7-8-24-27)13-5-6-15(21)16(22)10-13/h2-11,18-19H,1H3. The summed E-state index contributed by atoms with van der Waals surface area (Å²) < 4.78 is 4.03. The summed E-state index contributed by atoms with van der Waals surface area (Å²) in [4.78, 5) is 9.49. The molecule has 2 atom stereocenters. The normalized spacial score (nSPS) is 19.1. The van der Waals surface area contributed by atoms with Crippen LogP contribution in [0.15, 0.2) is 66.0 Å². The number of imidazole rings is 1. The molecular weight excluding hydrogens is 381 g/mol. The highest BCUT2D eigenvalue weighted by molar-refractivity contribution is 6.42. The molecule has 1 aliphatic rings. The van der Waals surface area contributed by atoms with Gasteiger partial charge in [-0.05, 0) is 36.8 Å². The Morgan fingerprint density at radius 3 is 2.78 bits per heavy atom. The summed E-state index contributed by atoms with van der Waals surface area (Å²) in [5.41, 5.74) is 3.04. The smallest absolute Gasteiger partial charge is 0.150 e. The van der Waals surface area contributed by atoms with Crippen LogP contribution < -0.4 is 0 Å². The fourth-order valence-corrected chi connectivity index (χ4v) is 4.09. The molecule has 1 aliphatic heterocycles. The maximum atomic E-state index is 6.33. The summed E-state index contributed by atoms with van der Waals surface area (Å²) in [5, 5.41) is 5.59. The number of nitrogens with zero attached hydrogens (tertiary/aromatic N) is 5. The largest absolute Gasteiger partial charge is 0.303 e. The minimum Gasteiger partial charge on any atom is -0.303 e. The molecule has 0 saturated heterocycles. The summed E-state index contributed by atoms with van der Waals surface area (Å²) in [6.45, 7) is 2.04. The number of pyridine rings is 1. The molecule has 2 unspecified atom stereocenters. The quantitative estimate of drug-likeness (QED) is 0.461. The first-order chi connectivity index (χ1) is 13.1. The maximum absolute atomic E-state index is 6.33. The first-order valence-electron chi connectivity index (χ1n) is 8.59. The zero-order chi connectivity index (χ0) is 18.5. The van der Waals surface area contributed by atoms with Gasteiger partial charge in [0.25, 0.3) is 0 Å². The molecule has 0 fully saturated rings. The Morgan fingerprint density at radius 1 is 1.04 bits per heavy atom. The molecule has 0 radical (unpaired) electrons. The van der Waals surface area contributed by atoms with Crippen molar-refractivity contribution in [2.75, 3.05) is 0 Å². The van der Waals surface area contributed by atoms with Crippen molar-refractivity contribution in [2.24, 2.45) is 4.99 Å². The number of hydrogen-bond acceptors (Lipinski definition) is 3. The highest BCUT2D eigenvalue weighted by Gasteiger charge is 2.36. The zero-order valence-corrected chi connectivity index (χ0v) is 15.9. The highest BCUT2D eigenvalue weighted by Crippen LogP contribution is 2.42. The molecule has 7 heteroatoms. The number of benzene rings is 1. The molecule has 5 nitrogen and oxygen atoms in total. The third-order valence-electron chi connectivity index (χ3n) is 5.00. The number of fused-ring (bicyclic) bond motifs is 2. The van der Waals surface area contributed by atoms with Gasteiger partial charge in [-0.3, -0.25) is 0 Å². The molecule has 27 heavy (non-hydrogen) atoms. The summed E-state index contributed by atoms with van der Waals surface area (Å²) in [6.07, 6.45) is 5.67. The van der Waals surface area contributed by atoms with Gasteiger partial charge in [-0.1, -0.05) is 35.3 Å². The molecule has 0 amide bonds. The molecule has 0 spiro atoms. The number of rotatable bonds is 2. The second-order valence-corrected chi connectivity index (χ2v) is 7.41. The SMILES string of the molecule is CC1=Nc2ccnn2C(c2ccc(Cl)c(Cl)c2)C1c1ncc2ccccn12. The molecule has 3 aromatic heterocycles. The van der Waals surface area contributed by atoms with Crippen LogP contribution in [0.5, 0.6) is 0 Å². The van der Waals surface area contributed by atoms with E-state index in [1.807, 2.05) is 66.5 Å². The first kappa shape index (κ1) is 16.5. The van der Waals surface area contributed by atoms with Crippen LogP contribution >= 0.6 is 23.2 Å². The van der Waals surface area contributed by atoms with Crippen LogP contribution in [-0.2, 0) is 0 Å². The van der Waals surface area contributed by atoms with Crippen LogP contribution in [-0.4, -0.2) is 24.9 Å². The Balaban J connectivity index is 1.75. The van der Waals surface area contributed by atoms with Gasteiger partial charge in [-0.2, -0.15) is 5.10 Å². The van der Waals surface area contributed by atoms with Gasteiger partial charge in [0, 0.05) is 18.0 Å². The highest BCUT2D eigenvalue weighted by atomic mass is 35.5. The van der Waals surface area contributed by atoms with Gasteiger partial charge in [0.1, 0.15) is 5.82 Å². The Kier molecular flexibility index (Phi) is 3.81. The zero-order valence-electron chi connectivity index (χ0n) is 14.4. The van der Waals surface area contributed by atoms with Crippen molar-refractivity contribution in [3.63, 3.8) is 0 Å². The van der Waals surface area contributed by atoms with Crippen LogP contribution in [0.4, 0.5) is 5.82 Å². The molecule has 134 valence electrons. The van der Waals surface area contributed by atoms with E-state index < -0.39 is 0 Å². The van der Waals surface area contributed by atoms with Gasteiger partial charge >= 0.3 is 0 Å². The van der Waals surface area contributed by atoms with Crippen LogP contribution in [0.2, 0.25) is 10.0 Å². The van der Waals surface area contributed by atoms with Crippen LogP contribution in [0.3, 0.4) is 0 Å². The van der Waals surface area contributed by atoms with Crippen molar-refractivity contribution in [3.05, 3.63) is 82.5 Å². The van der Waals surface area contributed by atoms with Gasteiger partial charge in [0.2, 0.25) is 0 Å². The third kappa shape index (κ3) is 2.58. The van der Waals surface area contributed by atoms with E-state index >= 15 is 0 Å². The number of halogens is 2. The van der Waals surface area contributed by atoms with Crippen molar-refractivity contribution in [1.29, 1.82) is 0 Å². The lowest BCUT2D eigenvalue weighted by Gasteiger charge is -2.31. The van der Waals surface area contributed by atoms with Gasteiger partial charge in [0.15, 0.2) is 5.82 Å². The Labute approximate surface area is 165 Å². The van der Waals surface area contributed by atoms with Gasteiger partial charge < -0.3 is 4.40 Å². The van der Waals surface area contributed by atoms with Crippen molar-refractivity contribution < 1.29 is 0 Å². The fourth-order valence-electron chi connectivity index (χ4n) is 3.78. The van der Waals surface area contributed by atoms with E-state index in [1.165, 1.54) is 0 Å². The van der Waals surface area contributed by atoms with E-state index in [0.29, 0.717) is 10.0 Å². The molecule has 5 rings (SSSR count). The minimum atomic E-state index is -0.118. The van der Waals surface area contributed by atoms with Crippen LogP contribution in [0, 0.1) is 0 Å². The molecule has 0 N–H and O–H groups in total. The maximum Gasteiger partial charge on any atom is 0.150 e. The summed E-state index contributed by atoms with van der Waals surface area (Å²) in [5.74, 6) is 1.66. The lowest BCUT2D eigenvalue weighted by molar-refractivity contribution is 0.475. The number of aliphatic imine (C=N–C) groups is 1. The van der Waals surface area contributed by atoms with E-state index in [9.17, 15) is 0 Å². The van der Waals surface area contributed by atoms with Gasteiger partial charge in [-0.15, -0.1) is 0 Å². The topological polar surface area (TPSA) is 47.5 Å². The van der Waals surface area contributed by atoms with Crippen LogP contribution in [0.25, 0.3) is 5.52 Å². The van der Waals surface area contributed by atoms with Gasteiger partial charge in [-0.25, -0.2) is 14.7 Å². The summed E-state index contributed by atoms with van der Waals surface area (Å²) in [7, 11) is 0. The van der Waals surface area contributed by atoms with Crippen LogP contribution in [0.1, 0.15) is 30.3 Å². The summed E-state index contributed by atoms with van der Waals surface area (Å²) >= 11 is 12.5. The minimum absolute atomic E-state index is 0.0838. The number of aromatic nitrogens is 4. The summed E-state index contributed by atoms with van der Waals surface area (Å²) in [6, 6.07) is 13.6. The Morgan fingerprint density at radius 2 is 1.93 bits per heavy atom. The second-order valence-electron chi connectivity index (χ2n) is 6.60. The van der Waals surface area contributed by atoms with Gasteiger partial charge in [0.05, 0.1) is 39.9 Å². The third-order valence-corrected chi connectivity index (χ3v) is 5.74. The predicted molar refractivity (Wildman–Crippen MR) is 108 cm³/mol. The fraction of sp³-hybridized carbons (Fsp3) is 0.150. The van der Waals surface area contributed by atoms with E-state index in [2.05, 4.69) is 9.50 Å². The predicted octanol–water partition coefficient (Wildman–Crippen LogP) is 5.32. The lowest BCUT2D eigenvalue weighted by atomic mass is 9.87. The number of hydrogen-bond donors (Lipinski definition) is 0. The van der Waals surface area contributed by atoms with Crippen molar-refractivity contribution >= 4 is 40.2 Å². The first-order valence-corrected chi connectivity index (χ1v) is 9.35. The average molecular weight is 396 g/mol. The van der Waals surface area contributed by atoms with E-state index in [1.54, 1.807) is 6.20 Å². The molecule has 4 aromatic rings. The van der Waals surface area contributed by atoms with E-state index in [0.717, 1.165) is 28.4 Å². The molecule has 4 heterocycles. The molecule has 1 aromatic carbocycles. The Bertz CT molecular complexity index is 1190. The lowest BCUT2D eigenvalue weighted by Crippen LogP contribution is -2.29. The van der Waals surface area contributed by atoms with E-state index in [-0.39, 0.29) is 12.0 Å². The molecule has 0 saturated carbocycles. The molecule has 0 aliphatic carbocycles. The Hall–Kier alpha value is -2.63. The van der Waals surface area contributed by atoms with Crippen molar-refractivity contribution in [2.45, 2.75) is 18.9 Å². The monoisotopic (exact) mass is 395 g/mol. The van der Waals surface area contributed by atoms with Crippen molar-refractivity contribution in [3.8, 4) is 0 Å².